The molecule has 1 saturated heterocycles. The van der Waals surface area contributed by atoms with Crippen LogP contribution in [0.15, 0.2) is 10.6 Å². The van der Waals surface area contributed by atoms with Gasteiger partial charge in [0.15, 0.2) is 0 Å². The van der Waals surface area contributed by atoms with E-state index >= 15 is 0 Å². The Hall–Kier alpha value is -1.58. The molecule has 1 amide bonds. The number of aliphatic hydroxyl groups excluding tert-OH is 1. The molecule has 9 heteroatoms. The lowest BCUT2D eigenvalue weighted by Crippen LogP contribution is -2.60. The molecule has 2 aliphatic rings. The maximum atomic E-state index is 12.1. The zero-order valence-electron chi connectivity index (χ0n) is 14.6. The number of fused-ring (bicyclic) bond motifs is 1. The number of nitrogens with zero attached hydrogens (tertiary/aromatic N) is 2. The van der Waals surface area contributed by atoms with E-state index in [2.05, 4.69) is 0 Å². The van der Waals surface area contributed by atoms with Gasteiger partial charge in [-0.1, -0.05) is 13.3 Å². The molecule has 0 aromatic carbocycles. The second-order valence-corrected chi connectivity index (χ2v) is 7.52. The number of likely N-dealkylation sites (N-methyl/N-ethyl adjacent to an activating group) is 1. The van der Waals surface area contributed by atoms with Crippen LogP contribution >= 0.6 is 11.8 Å². The lowest BCUT2D eigenvalue weighted by molar-refractivity contribution is -0.156. The first kappa shape index (κ1) is 19.7. The summed E-state index contributed by atoms with van der Waals surface area (Å²) in [6.07, 6.45) is 0.908. The molecule has 0 spiro atoms. The second-order valence-electron chi connectivity index (χ2n) is 6.31. The van der Waals surface area contributed by atoms with E-state index in [1.807, 2.05) is 6.92 Å². The predicted octanol–water partition coefficient (Wildman–Crippen LogP) is 0.470. The molecular weight excluding hydrogens is 348 g/mol. The summed E-state index contributed by atoms with van der Waals surface area (Å²) in [5, 5.41) is 18.8. The molecule has 0 aromatic rings. The van der Waals surface area contributed by atoms with Crippen LogP contribution in [0.5, 0.6) is 0 Å². The van der Waals surface area contributed by atoms with Crippen LogP contribution in [-0.2, 0) is 19.1 Å². The number of ether oxygens (including phenoxy) is 1. The molecule has 1 unspecified atom stereocenters. The Balaban J connectivity index is 2.00. The smallest absolute Gasteiger partial charge is 0.353 e. The van der Waals surface area contributed by atoms with E-state index in [0.29, 0.717) is 11.5 Å². The van der Waals surface area contributed by atoms with Crippen LogP contribution in [0.2, 0.25) is 0 Å². The van der Waals surface area contributed by atoms with Gasteiger partial charge in [0.2, 0.25) is 5.91 Å². The summed E-state index contributed by atoms with van der Waals surface area (Å²) in [5.41, 5.74) is -0.0527. The molecule has 2 heterocycles. The number of aliphatic carboxylic acids is 1. The van der Waals surface area contributed by atoms with Crippen LogP contribution in [0, 0.1) is 5.92 Å². The lowest BCUT2D eigenvalue weighted by atomic mass is 9.92. The molecule has 3 atom stereocenters. The van der Waals surface area contributed by atoms with Crippen molar-refractivity contribution >= 4 is 29.6 Å². The summed E-state index contributed by atoms with van der Waals surface area (Å²) in [4.78, 5) is 38.8. The maximum absolute atomic E-state index is 12.1. The molecule has 2 N–H and O–H groups in total. The number of unbranched alkanes of at least 4 members (excludes halogenated alkanes) is 1. The van der Waals surface area contributed by atoms with Crippen molar-refractivity contribution in [1.82, 2.24) is 9.80 Å². The van der Waals surface area contributed by atoms with Crippen molar-refractivity contribution in [3.05, 3.63) is 10.6 Å². The number of carbonyl (C=O) groups is 3. The summed E-state index contributed by atoms with van der Waals surface area (Å²) >= 11 is 1.26. The third-order valence-electron chi connectivity index (χ3n) is 4.15. The third-order valence-corrected chi connectivity index (χ3v) is 5.50. The van der Waals surface area contributed by atoms with Crippen molar-refractivity contribution in [2.45, 2.75) is 38.2 Å². The summed E-state index contributed by atoms with van der Waals surface area (Å²) in [6, 6.07) is 0. The van der Waals surface area contributed by atoms with Crippen molar-refractivity contribution in [1.29, 1.82) is 0 Å². The van der Waals surface area contributed by atoms with Crippen LogP contribution in [0.4, 0.5) is 0 Å². The largest absolute Gasteiger partial charge is 0.477 e. The van der Waals surface area contributed by atoms with E-state index in [-0.39, 0.29) is 30.7 Å². The van der Waals surface area contributed by atoms with E-state index < -0.39 is 23.4 Å². The molecule has 0 saturated carbocycles. The Morgan fingerprint density at radius 2 is 2.12 bits per heavy atom. The number of hydrogen-bond donors (Lipinski definition) is 2. The number of hydrogen-bond acceptors (Lipinski definition) is 7. The second kappa shape index (κ2) is 8.20. The molecule has 2 rings (SSSR count). The van der Waals surface area contributed by atoms with Crippen LogP contribution < -0.4 is 0 Å². The molecule has 0 radical (unpaired) electrons. The van der Waals surface area contributed by atoms with E-state index in [9.17, 15) is 24.6 Å². The monoisotopic (exact) mass is 372 g/mol. The Kier molecular flexibility index (Phi) is 6.47. The standard InChI is InChI=1S/C16H24N2O6S/c1-4-5-6-24-11(20)8-17(3)7-10-13(16(22)23)18-14(21)12(9(2)19)15(18)25-10/h9,12,15,19H,4-8H2,1-3H3,(H,22,23)/t9-,12+,15?/m1/s1. The zero-order valence-corrected chi connectivity index (χ0v) is 15.4. The van der Waals surface area contributed by atoms with Gasteiger partial charge >= 0.3 is 11.9 Å². The van der Waals surface area contributed by atoms with Crippen molar-refractivity contribution < 1.29 is 29.3 Å². The molecule has 0 aromatic heterocycles. The SMILES string of the molecule is CCCCOC(=O)CN(C)CC1=C(C(=O)O)N2C(=O)[C@H]([C@@H](C)O)C2S1. The summed E-state index contributed by atoms with van der Waals surface area (Å²) in [7, 11) is 1.69. The van der Waals surface area contributed by atoms with Gasteiger partial charge < -0.3 is 14.9 Å². The van der Waals surface area contributed by atoms with E-state index in [4.69, 9.17) is 4.74 Å². The topological polar surface area (TPSA) is 107 Å². The molecule has 8 nitrogen and oxygen atoms in total. The Labute approximate surface area is 150 Å². The number of esters is 1. The Morgan fingerprint density at radius 1 is 1.44 bits per heavy atom. The fraction of sp³-hybridized carbons (Fsp3) is 0.688. The van der Waals surface area contributed by atoms with Crippen LogP contribution in [0.1, 0.15) is 26.7 Å². The first-order valence-electron chi connectivity index (χ1n) is 8.26. The van der Waals surface area contributed by atoms with Gasteiger partial charge in [0.05, 0.1) is 25.2 Å². The maximum Gasteiger partial charge on any atom is 0.353 e. The average molecular weight is 372 g/mol. The number of amides is 1. The summed E-state index contributed by atoms with van der Waals surface area (Å²) in [5.74, 6) is -2.51. The highest BCUT2D eigenvalue weighted by atomic mass is 32.2. The molecule has 0 aliphatic carbocycles. The van der Waals surface area contributed by atoms with Gasteiger partial charge in [0, 0.05) is 11.4 Å². The zero-order chi connectivity index (χ0) is 18.7. The minimum absolute atomic E-state index is 0.0408. The van der Waals surface area contributed by atoms with Crippen LogP contribution in [-0.4, -0.2) is 76.1 Å². The molecule has 140 valence electrons. The first-order chi connectivity index (χ1) is 11.8. The predicted molar refractivity (Wildman–Crippen MR) is 91.4 cm³/mol. The molecule has 1 fully saturated rings. The third kappa shape index (κ3) is 4.16. The van der Waals surface area contributed by atoms with Gasteiger partial charge in [-0.25, -0.2) is 4.79 Å². The fourth-order valence-corrected chi connectivity index (χ4v) is 4.55. The molecular formula is C16H24N2O6S. The number of rotatable bonds is 9. The number of carboxylic acids is 1. The Bertz CT molecular complexity index is 591. The van der Waals surface area contributed by atoms with E-state index in [1.165, 1.54) is 23.6 Å². The molecule has 2 aliphatic heterocycles. The lowest BCUT2D eigenvalue weighted by Gasteiger charge is -2.43. The van der Waals surface area contributed by atoms with E-state index in [0.717, 1.165) is 12.8 Å². The molecule has 0 bridgehead atoms. The normalized spacial score (nSPS) is 23.6. The van der Waals surface area contributed by atoms with Crippen molar-refractivity contribution in [2.75, 3.05) is 26.7 Å². The van der Waals surface area contributed by atoms with E-state index in [1.54, 1.807) is 11.9 Å². The number of carboxylic acid groups (broad SMARTS) is 1. The van der Waals surface area contributed by atoms with Gasteiger partial charge in [-0.15, -0.1) is 11.8 Å². The van der Waals surface area contributed by atoms with Crippen LogP contribution in [0.3, 0.4) is 0 Å². The number of aliphatic hydroxyl groups is 1. The first-order valence-corrected chi connectivity index (χ1v) is 9.14. The highest BCUT2D eigenvalue weighted by Crippen LogP contribution is 2.50. The quantitative estimate of drug-likeness (QED) is 0.342. The summed E-state index contributed by atoms with van der Waals surface area (Å²) < 4.78 is 5.09. The summed E-state index contributed by atoms with van der Waals surface area (Å²) in [6.45, 7) is 4.17. The number of carbonyl (C=O) groups excluding carboxylic acids is 2. The van der Waals surface area contributed by atoms with Crippen LogP contribution in [0.25, 0.3) is 0 Å². The minimum Gasteiger partial charge on any atom is -0.477 e. The Morgan fingerprint density at radius 3 is 2.68 bits per heavy atom. The number of β-lactam (4-membered cyclic amide) rings is 1. The minimum atomic E-state index is -1.18. The van der Waals surface area contributed by atoms with Gasteiger partial charge in [-0.2, -0.15) is 0 Å². The van der Waals surface area contributed by atoms with Crippen molar-refractivity contribution in [3.8, 4) is 0 Å². The van der Waals surface area contributed by atoms with Crippen molar-refractivity contribution in [3.63, 3.8) is 0 Å². The fourth-order valence-electron chi connectivity index (χ4n) is 2.86. The molecule has 25 heavy (non-hydrogen) atoms. The van der Waals surface area contributed by atoms with Gasteiger partial charge in [-0.05, 0) is 20.4 Å². The van der Waals surface area contributed by atoms with Gasteiger partial charge in [0.1, 0.15) is 11.1 Å². The average Bonchev–Trinajstić information content (AvgIpc) is 2.81. The highest BCUT2D eigenvalue weighted by Gasteiger charge is 2.57. The van der Waals surface area contributed by atoms with Crippen molar-refractivity contribution in [2.24, 2.45) is 5.92 Å². The highest BCUT2D eigenvalue weighted by molar-refractivity contribution is 8.04. The number of thioether (sulfide) groups is 1. The van der Waals surface area contributed by atoms with Gasteiger partial charge in [-0.3, -0.25) is 19.4 Å². The van der Waals surface area contributed by atoms with Gasteiger partial charge in [0.25, 0.3) is 0 Å².